The number of aromatic nitrogens is 1. The van der Waals surface area contributed by atoms with Crippen LogP contribution in [0.5, 0.6) is 0 Å². The Hall–Kier alpha value is -3.65. The number of fused-ring (bicyclic) bond motifs is 1. The number of amidine groups is 1. The van der Waals surface area contributed by atoms with Crippen molar-refractivity contribution in [2.75, 3.05) is 5.32 Å². The van der Waals surface area contributed by atoms with Gasteiger partial charge in [-0.1, -0.05) is 24.3 Å². The number of aliphatic imine (C=N–C) groups is 1. The van der Waals surface area contributed by atoms with E-state index in [2.05, 4.69) is 20.6 Å². The molecule has 8 heteroatoms. The number of nitrogens with one attached hydrogen (secondary N) is 2. The number of thioether (sulfide) groups is 1. The molecule has 0 spiro atoms. The molecule has 1 aliphatic rings. The van der Waals surface area contributed by atoms with E-state index in [0.717, 1.165) is 16.5 Å². The van der Waals surface area contributed by atoms with Gasteiger partial charge in [-0.25, -0.2) is 9.79 Å². The third kappa shape index (κ3) is 5.33. The number of nitrogens with zero attached hydrogens (tertiary/aromatic N) is 2. The maximum atomic E-state index is 12.5. The molecule has 2 amide bonds. The van der Waals surface area contributed by atoms with Gasteiger partial charge < -0.3 is 10.1 Å². The van der Waals surface area contributed by atoms with E-state index in [1.165, 1.54) is 11.8 Å². The maximum absolute atomic E-state index is 12.5. The van der Waals surface area contributed by atoms with Crippen molar-refractivity contribution < 1.29 is 14.3 Å². The zero-order valence-corrected chi connectivity index (χ0v) is 18.7. The molecule has 2 N–H and O–H groups in total. The number of pyridine rings is 1. The Balaban J connectivity index is 1.54. The number of carbonyl (C=O) groups is 2. The van der Waals surface area contributed by atoms with Gasteiger partial charge in [-0.05, 0) is 74.5 Å². The Kier molecular flexibility index (Phi) is 5.96. The van der Waals surface area contributed by atoms with Crippen LogP contribution >= 0.6 is 11.8 Å². The molecule has 162 valence electrons. The molecule has 0 radical (unpaired) electrons. The second kappa shape index (κ2) is 8.84. The highest BCUT2D eigenvalue weighted by atomic mass is 32.2. The number of ether oxygens (including phenoxy) is 1. The number of benzene rings is 2. The van der Waals surface area contributed by atoms with Crippen molar-refractivity contribution in [2.45, 2.75) is 26.4 Å². The van der Waals surface area contributed by atoms with Crippen LogP contribution in [0.25, 0.3) is 17.0 Å². The van der Waals surface area contributed by atoms with Crippen LogP contribution in [0.3, 0.4) is 0 Å². The first-order valence-corrected chi connectivity index (χ1v) is 10.8. The first-order valence-electron chi connectivity index (χ1n) is 10.0. The lowest BCUT2D eigenvalue weighted by molar-refractivity contribution is -0.115. The molecule has 1 aromatic heterocycles. The maximum Gasteiger partial charge on any atom is 0.412 e. The summed E-state index contributed by atoms with van der Waals surface area (Å²) in [6.07, 6.45) is 3.00. The molecule has 1 fully saturated rings. The largest absolute Gasteiger partial charge is 0.444 e. The van der Waals surface area contributed by atoms with Gasteiger partial charge in [0.2, 0.25) is 0 Å². The van der Waals surface area contributed by atoms with Crippen molar-refractivity contribution in [3.05, 3.63) is 71.3 Å². The summed E-state index contributed by atoms with van der Waals surface area (Å²) in [6.45, 7) is 5.38. The lowest BCUT2D eigenvalue weighted by Gasteiger charge is -2.20. The average Bonchev–Trinajstić information content (AvgIpc) is 3.06. The van der Waals surface area contributed by atoms with E-state index in [-0.39, 0.29) is 5.91 Å². The Bertz CT molecular complexity index is 1260. The molecule has 2 aromatic carbocycles. The van der Waals surface area contributed by atoms with Gasteiger partial charge in [0, 0.05) is 11.6 Å². The average molecular weight is 447 g/mol. The SMILES string of the molecule is CC(C)(C)OC(=O)Nc1ccccc1N=C1NC(=O)C(=Cc2ccc3ncccc3c2)S1. The molecule has 0 unspecified atom stereocenters. The fourth-order valence-corrected chi connectivity index (χ4v) is 3.85. The summed E-state index contributed by atoms with van der Waals surface area (Å²) in [5.41, 5.74) is 2.19. The highest BCUT2D eigenvalue weighted by Crippen LogP contribution is 2.31. The summed E-state index contributed by atoms with van der Waals surface area (Å²) in [6, 6.07) is 16.8. The van der Waals surface area contributed by atoms with E-state index in [1.54, 1.807) is 51.2 Å². The van der Waals surface area contributed by atoms with Crippen LogP contribution in [0.4, 0.5) is 16.2 Å². The van der Waals surface area contributed by atoms with Crippen LogP contribution in [-0.4, -0.2) is 27.8 Å². The highest BCUT2D eigenvalue weighted by Gasteiger charge is 2.24. The molecule has 2 heterocycles. The predicted octanol–water partition coefficient (Wildman–Crippen LogP) is 5.47. The van der Waals surface area contributed by atoms with Crippen molar-refractivity contribution in [1.82, 2.24) is 10.3 Å². The molecule has 0 bridgehead atoms. The standard InChI is InChI=1S/C24H22N4O3S/c1-24(2,3)31-23(30)27-19-9-5-4-8-18(19)26-22-28-21(29)20(32-22)14-15-10-11-17-16(13-15)7-6-12-25-17/h4-14H,1-3H3,(H,27,30)(H,26,28,29). The lowest BCUT2D eigenvalue weighted by Crippen LogP contribution is -2.27. The molecule has 1 aliphatic heterocycles. The third-order valence-corrected chi connectivity index (χ3v) is 5.25. The first kappa shape index (κ1) is 21.6. The molecular formula is C24H22N4O3S. The van der Waals surface area contributed by atoms with E-state index in [0.29, 0.717) is 21.4 Å². The van der Waals surface area contributed by atoms with Crippen LogP contribution in [-0.2, 0) is 9.53 Å². The van der Waals surface area contributed by atoms with Crippen molar-refractivity contribution in [1.29, 1.82) is 0 Å². The number of anilines is 1. The van der Waals surface area contributed by atoms with Gasteiger partial charge in [0.15, 0.2) is 5.17 Å². The van der Waals surface area contributed by atoms with E-state index in [1.807, 2.05) is 36.4 Å². The van der Waals surface area contributed by atoms with Crippen molar-refractivity contribution in [3.63, 3.8) is 0 Å². The number of amides is 2. The molecule has 0 aliphatic carbocycles. The third-order valence-electron chi connectivity index (χ3n) is 4.34. The Labute approximate surface area is 190 Å². The van der Waals surface area contributed by atoms with Crippen LogP contribution < -0.4 is 10.6 Å². The fourth-order valence-electron chi connectivity index (χ4n) is 3.02. The minimum absolute atomic E-state index is 0.224. The normalized spacial score (nSPS) is 16.4. The van der Waals surface area contributed by atoms with Gasteiger partial charge in [0.1, 0.15) is 5.60 Å². The topological polar surface area (TPSA) is 92.7 Å². The molecule has 32 heavy (non-hydrogen) atoms. The van der Waals surface area contributed by atoms with Crippen LogP contribution in [0, 0.1) is 0 Å². The summed E-state index contributed by atoms with van der Waals surface area (Å²) in [4.78, 5) is 34.0. The smallest absolute Gasteiger partial charge is 0.412 e. The van der Waals surface area contributed by atoms with Gasteiger partial charge in [0.25, 0.3) is 5.91 Å². The van der Waals surface area contributed by atoms with Crippen LogP contribution in [0.1, 0.15) is 26.3 Å². The summed E-state index contributed by atoms with van der Waals surface area (Å²) in [7, 11) is 0. The van der Waals surface area contributed by atoms with Gasteiger partial charge in [-0.3, -0.25) is 15.1 Å². The van der Waals surface area contributed by atoms with Gasteiger partial charge in [-0.15, -0.1) is 0 Å². The molecular weight excluding hydrogens is 424 g/mol. The number of para-hydroxylation sites is 2. The Morgan fingerprint density at radius 3 is 2.78 bits per heavy atom. The van der Waals surface area contributed by atoms with Crippen molar-refractivity contribution in [2.24, 2.45) is 4.99 Å². The number of hydrogen-bond donors (Lipinski definition) is 2. The second-order valence-corrected chi connectivity index (χ2v) is 9.11. The number of rotatable bonds is 3. The zero-order valence-electron chi connectivity index (χ0n) is 17.9. The first-order chi connectivity index (χ1) is 15.3. The summed E-state index contributed by atoms with van der Waals surface area (Å²) < 4.78 is 5.31. The molecule has 4 rings (SSSR count). The van der Waals surface area contributed by atoms with E-state index in [9.17, 15) is 9.59 Å². The van der Waals surface area contributed by atoms with Gasteiger partial charge in [-0.2, -0.15) is 0 Å². The monoisotopic (exact) mass is 446 g/mol. The highest BCUT2D eigenvalue weighted by molar-refractivity contribution is 8.18. The zero-order chi connectivity index (χ0) is 22.7. The molecule has 0 atom stereocenters. The Morgan fingerprint density at radius 1 is 1.16 bits per heavy atom. The van der Waals surface area contributed by atoms with Crippen LogP contribution in [0.2, 0.25) is 0 Å². The van der Waals surface area contributed by atoms with E-state index < -0.39 is 11.7 Å². The van der Waals surface area contributed by atoms with Crippen molar-refractivity contribution in [3.8, 4) is 0 Å². The fraction of sp³-hybridized carbons (Fsp3) is 0.167. The van der Waals surface area contributed by atoms with Gasteiger partial charge in [0.05, 0.1) is 21.8 Å². The van der Waals surface area contributed by atoms with Crippen LogP contribution in [0.15, 0.2) is 70.7 Å². The summed E-state index contributed by atoms with van der Waals surface area (Å²) in [5, 5.41) is 6.92. The lowest BCUT2D eigenvalue weighted by atomic mass is 10.1. The molecule has 1 saturated heterocycles. The molecule has 7 nitrogen and oxygen atoms in total. The van der Waals surface area contributed by atoms with Crippen molar-refractivity contribution >= 4 is 57.3 Å². The minimum Gasteiger partial charge on any atom is -0.444 e. The quantitative estimate of drug-likeness (QED) is 0.520. The molecule has 3 aromatic rings. The summed E-state index contributed by atoms with van der Waals surface area (Å²) >= 11 is 1.24. The molecule has 0 saturated carbocycles. The summed E-state index contributed by atoms with van der Waals surface area (Å²) in [5.74, 6) is -0.224. The van der Waals surface area contributed by atoms with E-state index in [4.69, 9.17) is 4.74 Å². The van der Waals surface area contributed by atoms with Gasteiger partial charge >= 0.3 is 6.09 Å². The number of carbonyl (C=O) groups excluding carboxylic acids is 2. The number of hydrogen-bond acceptors (Lipinski definition) is 6. The van der Waals surface area contributed by atoms with E-state index >= 15 is 0 Å². The Morgan fingerprint density at radius 2 is 1.97 bits per heavy atom. The predicted molar refractivity (Wildman–Crippen MR) is 129 cm³/mol. The second-order valence-electron chi connectivity index (χ2n) is 8.08. The minimum atomic E-state index is -0.612.